The van der Waals surface area contributed by atoms with Gasteiger partial charge in [-0.15, -0.1) is 0 Å². The number of H-pyrrole nitrogens is 1. The van der Waals surface area contributed by atoms with Gasteiger partial charge in [0.25, 0.3) is 0 Å². The number of aliphatic imine (C=N–C) groups is 1. The van der Waals surface area contributed by atoms with Crippen LogP contribution in [0.5, 0.6) is 0 Å². The molecule has 0 radical (unpaired) electrons. The zero-order chi connectivity index (χ0) is 25.5. The van der Waals surface area contributed by atoms with E-state index in [1.54, 1.807) is 18.3 Å². The van der Waals surface area contributed by atoms with Crippen LogP contribution < -0.4 is 11.1 Å². The van der Waals surface area contributed by atoms with Crippen molar-refractivity contribution in [3.63, 3.8) is 0 Å². The number of hydrogen-bond donors (Lipinski definition) is 3. The van der Waals surface area contributed by atoms with E-state index in [1.807, 2.05) is 62.4 Å². The number of carbonyl (C=O) groups excluding carboxylic acids is 1. The molecular formula is C29H28N6O. The number of nitrogens with zero attached hydrogens (tertiary/aromatic N) is 3. The number of amides is 1. The molecule has 1 amide bonds. The molecule has 4 N–H and O–H groups in total. The van der Waals surface area contributed by atoms with Crippen LogP contribution >= 0.6 is 0 Å². The van der Waals surface area contributed by atoms with Gasteiger partial charge in [0.15, 0.2) is 0 Å². The lowest BCUT2D eigenvalue weighted by molar-refractivity contribution is 0.100. The summed E-state index contributed by atoms with van der Waals surface area (Å²) in [7, 11) is 0. The molecule has 0 aliphatic carbocycles. The molecule has 0 saturated heterocycles. The van der Waals surface area contributed by atoms with Crippen LogP contribution in [-0.4, -0.2) is 28.1 Å². The number of carbonyl (C=O) groups is 1. The largest absolute Gasteiger partial charge is 0.385 e. The fourth-order valence-corrected chi connectivity index (χ4v) is 4.08. The van der Waals surface area contributed by atoms with E-state index < -0.39 is 5.91 Å². The van der Waals surface area contributed by atoms with Gasteiger partial charge in [-0.25, -0.2) is 4.98 Å². The molecule has 0 fully saturated rings. The molecule has 180 valence electrons. The number of aromatic amines is 1. The van der Waals surface area contributed by atoms with E-state index in [0.717, 1.165) is 46.2 Å². The summed E-state index contributed by atoms with van der Waals surface area (Å²) >= 11 is 0. The van der Waals surface area contributed by atoms with Crippen LogP contribution in [0.3, 0.4) is 0 Å². The fourth-order valence-electron chi connectivity index (χ4n) is 4.08. The van der Waals surface area contributed by atoms with Crippen molar-refractivity contribution in [2.24, 2.45) is 10.7 Å². The maximum atomic E-state index is 11.4. The Morgan fingerprint density at radius 3 is 2.56 bits per heavy atom. The summed E-state index contributed by atoms with van der Waals surface area (Å²) in [5.74, 6) is 0.283. The van der Waals surface area contributed by atoms with Gasteiger partial charge in [0.05, 0.1) is 23.5 Å². The van der Waals surface area contributed by atoms with Crippen molar-refractivity contribution in [3.05, 3.63) is 107 Å². The molecule has 0 aliphatic rings. The van der Waals surface area contributed by atoms with Gasteiger partial charge >= 0.3 is 0 Å². The molecule has 0 bridgehead atoms. The molecule has 7 nitrogen and oxygen atoms in total. The number of imidazole rings is 1. The van der Waals surface area contributed by atoms with E-state index in [-0.39, 0.29) is 6.04 Å². The molecule has 0 aliphatic heterocycles. The lowest BCUT2D eigenvalue weighted by atomic mass is 10.0. The van der Waals surface area contributed by atoms with Gasteiger partial charge in [0.1, 0.15) is 11.9 Å². The number of nitriles is 1. The van der Waals surface area contributed by atoms with Gasteiger partial charge in [-0.2, -0.15) is 5.26 Å². The lowest BCUT2D eigenvalue weighted by Crippen LogP contribution is -2.10. The summed E-state index contributed by atoms with van der Waals surface area (Å²) in [4.78, 5) is 24.6. The number of primary amides is 1. The Morgan fingerprint density at radius 1 is 1.14 bits per heavy atom. The molecule has 4 rings (SSSR count). The molecule has 1 heterocycles. The van der Waals surface area contributed by atoms with Crippen LogP contribution in [0.2, 0.25) is 0 Å². The van der Waals surface area contributed by atoms with Gasteiger partial charge < -0.3 is 16.0 Å². The minimum absolute atomic E-state index is 0.254. The molecule has 0 spiro atoms. The zero-order valence-corrected chi connectivity index (χ0v) is 20.3. The van der Waals surface area contributed by atoms with Crippen molar-refractivity contribution >= 4 is 17.3 Å². The summed E-state index contributed by atoms with van der Waals surface area (Å²) in [6, 6.07) is 24.8. The van der Waals surface area contributed by atoms with Crippen LogP contribution in [0.25, 0.3) is 11.3 Å². The molecule has 7 heteroatoms. The van der Waals surface area contributed by atoms with Crippen molar-refractivity contribution in [1.29, 1.82) is 5.26 Å². The average molecular weight is 477 g/mol. The maximum absolute atomic E-state index is 11.4. The number of nitrogens with one attached hydrogen (secondary N) is 2. The first kappa shape index (κ1) is 24.4. The van der Waals surface area contributed by atoms with E-state index in [4.69, 9.17) is 10.7 Å². The fraction of sp³-hybridized carbons (Fsp3) is 0.172. The smallest absolute Gasteiger partial charge is 0.248 e. The van der Waals surface area contributed by atoms with Crippen LogP contribution in [0, 0.1) is 11.3 Å². The second-order valence-electron chi connectivity index (χ2n) is 8.45. The van der Waals surface area contributed by atoms with Crippen LogP contribution in [0.4, 0.5) is 5.69 Å². The summed E-state index contributed by atoms with van der Waals surface area (Å²) in [5.41, 5.74) is 12.0. The number of rotatable bonds is 9. The molecular weight excluding hydrogens is 448 g/mol. The third-order valence-corrected chi connectivity index (χ3v) is 5.92. The quantitative estimate of drug-likeness (QED) is 0.285. The first-order chi connectivity index (χ1) is 17.5. The monoisotopic (exact) mass is 476 g/mol. The minimum Gasteiger partial charge on any atom is -0.385 e. The first-order valence-electron chi connectivity index (χ1n) is 11.8. The van der Waals surface area contributed by atoms with E-state index in [1.165, 1.54) is 0 Å². The average Bonchev–Trinajstić information content (AvgIpc) is 3.39. The van der Waals surface area contributed by atoms with Crippen molar-refractivity contribution in [2.45, 2.75) is 26.3 Å². The molecule has 4 aromatic rings. The molecule has 1 atom stereocenters. The van der Waals surface area contributed by atoms with Crippen molar-refractivity contribution < 1.29 is 4.79 Å². The highest BCUT2D eigenvalue weighted by Crippen LogP contribution is 2.27. The van der Waals surface area contributed by atoms with Crippen molar-refractivity contribution in [2.75, 3.05) is 11.9 Å². The van der Waals surface area contributed by atoms with Gasteiger partial charge in [-0.1, -0.05) is 42.5 Å². The molecule has 1 aromatic heterocycles. The Kier molecular flexibility index (Phi) is 7.57. The normalized spacial score (nSPS) is 12.1. The number of nitrogens with two attached hydrogens (primary N) is 1. The minimum atomic E-state index is -0.459. The SMILES string of the molecule is CCNc1cc(C#N)ccc1C(C)=NC(Cc1ccccc1)c1ncc(-c2ccc(C(N)=O)cc2)[nH]1. The van der Waals surface area contributed by atoms with Gasteiger partial charge in [0.2, 0.25) is 5.91 Å². The number of aromatic nitrogens is 2. The summed E-state index contributed by atoms with van der Waals surface area (Å²) < 4.78 is 0. The van der Waals surface area contributed by atoms with Gasteiger partial charge in [-0.3, -0.25) is 9.79 Å². The summed E-state index contributed by atoms with van der Waals surface area (Å²) in [5, 5.41) is 12.7. The van der Waals surface area contributed by atoms with Gasteiger partial charge in [0, 0.05) is 35.5 Å². The van der Waals surface area contributed by atoms with Crippen molar-refractivity contribution in [3.8, 4) is 17.3 Å². The molecule has 0 saturated carbocycles. The van der Waals surface area contributed by atoms with E-state index in [2.05, 4.69) is 33.5 Å². The number of hydrogen-bond acceptors (Lipinski definition) is 5. The summed E-state index contributed by atoms with van der Waals surface area (Å²) in [6.07, 6.45) is 2.45. The Bertz CT molecular complexity index is 1410. The summed E-state index contributed by atoms with van der Waals surface area (Å²) in [6.45, 7) is 4.74. The second-order valence-corrected chi connectivity index (χ2v) is 8.45. The highest BCUT2D eigenvalue weighted by molar-refractivity contribution is 6.03. The van der Waals surface area contributed by atoms with E-state index in [0.29, 0.717) is 17.5 Å². The van der Waals surface area contributed by atoms with Gasteiger partial charge in [-0.05, 0) is 55.3 Å². The van der Waals surface area contributed by atoms with Crippen LogP contribution in [0.15, 0.2) is 84.0 Å². The Morgan fingerprint density at radius 2 is 1.89 bits per heavy atom. The van der Waals surface area contributed by atoms with E-state index >= 15 is 0 Å². The third kappa shape index (κ3) is 5.68. The lowest BCUT2D eigenvalue weighted by Gasteiger charge is -2.15. The standard InChI is InChI=1S/C29H28N6O/c1-3-32-25-16-21(17-30)9-14-24(25)19(2)34-26(15-20-7-5-4-6-8-20)29-33-18-27(35-29)22-10-12-23(13-11-22)28(31)36/h4-14,16,18,26,32H,3,15H2,1-2H3,(H2,31,36)(H,33,35). The Balaban J connectivity index is 1.71. The molecule has 3 aromatic carbocycles. The first-order valence-corrected chi connectivity index (χ1v) is 11.8. The Labute approximate surface area is 210 Å². The Hall–Kier alpha value is -4.70. The topological polar surface area (TPSA) is 120 Å². The predicted molar refractivity (Wildman–Crippen MR) is 143 cm³/mol. The van der Waals surface area contributed by atoms with E-state index in [9.17, 15) is 10.1 Å². The second kappa shape index (κ2) is 11.2. The maximum Gasteiger partial charge on any atom is 0.248 e. The number of benzene rings is 3. The highest BCUT2D eigenvalue weighted by atomic mass is 16.1. The third-order valence-electron chi connectivity index (χ3n) is 5.92. The zero-order valence-electron chi connectivity index (χ0n) is 20.3. The predicted octanol–water partition coefficient (Wildman–Crippen LogP) is 5.27. The number of anilines is 1. The molecule has 36 heavy (non-hydrogen) atoms. The van der Waals surface area contributed by atoms with Crippen LogP contribution in [0.1, 0.15) is 52.8 Å². The highest BCUT2D eigenvalue weighted by Gasteiger charge is 2.18. The van der Waals surface area contributed by atoms with Crippen molar-refractivity contribution in [1.82, 2.24) is 9.97 Å². The molecule has 1 unspecified atom stereocenters. The van der Waals surface area contributed by atoms with Crippen LogP contribution in [-0.2, 0) is 6.42 Å².